The molecule has 12 heteroatoms. The quantitative estimate of drug-likeness (QED) is 0.122. The molecule has 11 rings (SSSR count). The summed E-state index contributed by atoms with van der Waals surface area (Å²) in [7, 11) is 0. The summed E-state index contributed by atoms with van der Waals surface area (Å²) < 4.78 is 13.8. The number of ether oxygens (including phenoxy) is 2. The number of fused-ring (bicyclic) bond motifs is 8. The van der Waals surface area contributed by atoms with Gasteiger partial charge in [0.25, 0.3) is 0 Å². The Kier molecular flexibility index (Phi) is 9.64. The predicted octanol–water partition coefficient (Wildman–Crippen LogP) is 3.76. The molecule has 0 aromatic heterocycles. The zero-order valence-electron chi connectivity index (χ0n) is 35.4. The molecule has 0 amide bonds. The van der Waals surface area contributed by atoms with Crippen molar-refractivity contribution in [3.63, 3.8) is 0 Å². The van der Waals surface area contributed by atoms with Gasteiger partial charge in [0.15, 0.2) is 5.78 Å². The Labute approximate surface area is 347 Å². The highest BCUT2D eigenvalue weighted by Crippen LogP contribution is 2.80. The van der Waals surface area contributed by atoms with E-state index in [0.717, 1.165) is 18.5 Å². The van der Waals surface area contributed by atoms with Crippen molar-refractivity contribution >= 4 is 5.78 Å². The molecule has 12 nitrogen and oxygen atoms in total. The van der Waals surface area contributed by atoms with Crippen LogP contribution in [0.3, 0.4) is 0 Å². The summed E-state index contributed by atoms with van der Waals surface area (Å²) >= 11 is 0. The number of phenolic OH excluding ortho intramolecular Hbond substituents is 2. The number of nitrogens with one attached hydrogen (secondary N) is 1. The number of rotatable bonds is 10. The van der Waals surface area contributed by atoms with E-state index in [0.29, 0.717) is 56.2 Å². The molecule has 9 N–H and O–H groups in total. The van der Waals surface area contributed by atoms with Crippen LogP contribution in [0.25, 0.3) is 0 Å². The highest BCUT2D eigenvalue weighted by atomic mass is 16.6. The van der Waals surface area contributed by atoms with Gasteiger partial charge >= 0.3 is 0 Å². The first-order chi connectivity index (χ1) is 27.8. The number of ketones is 1. The predicted molar refractivity (Wildman–Crippen MR) is 217 cm³/mol. The highest BCUT2D eigenvalue weighted by molar-refractivity contribution is 5.96. The third kappa shape index (κ3) is 5.07. The number of phenols is 2. The maximum absolute atomic E-state index is 15.1. The molecule has 2 spiro atoms. The Hall–Kier alpha value is -2.39. The van der Waals surface area contributed by atoms with Gasteiger partial charge in [-0.1, -0.05) is 46.3 Å². The van der Waals surface area contributed by atoms with E-state index in [1.165, 1.54) is 18.2 Å². The van der Waals surface area contributed by atoms with E-state index in [9.17, 15) is 40.9 Å². The fourth-order valence-corrected chi connectivity index (χ4v) is 16.0. The number of aliphatic hydroxyl groups is 6. The molecule has 1 saturated heterocycles. The topological polar surface area (TPSA) is 209 Å². The third-order valence-electron chi connectivity index (χ3n) is 18.8. The number of aromatic hydroxyl groups is 2. The first-order valence-corrected chi connectivity index (χ1v) is 22.4. The lowest BCUT2D eigenvalue weighted by atomic mass is 9.38. The van der Waals surface area contributed by atoms with Gasteiger partial charge < -0.3 is 55.6 Å². The molecule has 6 bridgehead atoms. The zero-order valence-corrected chi connectivity index (χ0v) is 35.4. The molecule has 6 saturated carbocycles. The van der Waals surface area contributed by atoms with Crippen LogP contribution in [0.15, 0.2) is 41.5 Å². The van der Waals surface area contributed by atoms with E-state index < -0.39 is 74.7 Å². The molecule has 326 valence electrons. The van der Waals surface area contributed by atoms with Gasteiger partial charge in [-0.25, -0.2) is 0 Å². The van der Waals surface area contributed by atoms with Gasteiger partial charge in [-0.3, -0.25) is 4.79 Å². The van der Waals surface area contributed by atoms with Crippen LogP contribution in [0.2, 0.25) is 0 Å². The average molecular weight is 822 g/mol. The van der Waals surface area contributed by atoms with E-state index in [-0.39, 0.29) is 73.6 Å². The van der Waals surface area contributed by atoms with Crippen molar-refractivity contribution in [3.8, 4) is 11.5 Å². The number of hydrogen-bond donors (Lipinski definition) is 9. The van der Waals surface area contributed by atoms with Crippen LogP contribution in [0.5, 0.6) is 11.5 Å². The lowest BCUT2D eigenvalue weighted by Gasteiger charge is -2.67. The maximum atomic E-state index is 15.1. The SMILES string of the molecule is CCNCC1=CC2(C)CCC1C1(OC3CC4(O)C5=CC(=O)C6C(c7cc(O)cc(O)c7)C7(O)CCC5(CCC4(C)C3C1(O)CCO)C6(C)CC7OCCCO)C(O)C2C. The molecule has 59 heavy (non-hydrogen) atoms. The molecule has 7 fully saturated rings. The van der Waals surface area contributed by atoms with Crippen LogP contribution < -0.4 is 5.32 Å². The van der Waals surface area contributed by atoms with Gasteiger partial charge in [0.1, 0.15) is 22.7 Å². The molecular weight excluding hydrogens is 755 g/mol. The molecule has 1 heterocycles. The lowest BCUT2D eigenvalue weighted by molar-refractivity contribution is -0.248. The largest absolute Gasteiger partial charge is 0.508 e. The Morgan fingerprint density at radius 1 is 0.915 bits per heavy atom. The van der Waals surface area contributed by atoms with E-state index in [1.54, 1.807) is 6.08 Å². The van der Waals surface area contributed by atoms with Crippen LogP contribution >= 0.6 is 0 Å². The first-order valence-electron chi connectivity index (χ1n) is 22.4. The molecule has 1 aromatic rings. The summed E-state index contributed by atoms with van der Waals surface area (Å²) in [5, 5.41) is 98.6. The zero-order chi connectivity index (χ0) is 42.3. The molecule has 1 aliphatic heterocycles. The fraction of sp³-hybridized carbons (Fsp3) is 0.766. The normalized spacial score (nSPS) is 50.5. The van der Waals surface area contributed by atoms with Crippen molar-refractivity contribution in [2.45, 2.75) is 145 Å². The monoisotopic (exact) mass is 821 g/mol. The average Bonchev–Trinajstić information content (AvgIpc) is 3.45. The van der Waals surface area contributed by atoms with Crippen LogP contribution in [0.4, 0.5) is 0 Å². The summed E-state index contributed by atoms with van der Waals surface area (Å²) in [4.78, 5) is 15.1. The Bertz CT molecular complexity index is 1930. The minimum atomic E-state index is -1.74. The van der Waals surface area contributed by atoms with Crippen molar-refractivity contribution in [2.75, 3.05) is 32.9 Å². The highest BCUT2D eigenvalue weighted by Gasteiger charge is 2.84. The van der Waals surface area contributed by atoms with Crippen LogP contribution in [0, 0.1) is 45.3 Å². The summed E-state index contributed by atoms with van der Waals surface area (Å²) in [6, 6.07) is 4.23. The van der Waals surface area contributed by atoms with Crippen LogP contribution in [-0.2, 0) is 14.3 Å². The van der Waals surface area contributed by atoms with Crippen LogP contribution in [-0.4, -0.2) is 120 Å². The van der Waals surface area contributed by atoms with Gasteiger partial charge in [0, 0.05) is 79.8 Å². The van der Waals surface area contributed by atoms with Crippen molar-refractivity contribution in [1.82, 2.24) is 5.32 Å². The second kappa shape index (κ2) is 13.6. The second-order valence-corrected chi connectivity index (χ2v) is 21.0. The Balaban J connectivity index is 1.18. The number of carbonyl (C=O) groups excluding carboxylic acids is 1. The molecule has 10 aliphatic rings. The van der Waals surface area contributed by atoms with Gasteiger partial charge in [0.2, 0.25) is 0 Å². The fourth-order valence-electron chi connectivity index (χ4n) is 16.0. The van der Waals surface area contributed by atoms with Crippen molar-refractivity contribution in [3.05, 3.63) is 47.1 Å². The minimum absolute atomic E-state index is 0.0490. The Morgan fingerprint density at radius 2 is 1.63 bits per heavy atom. The summed E-state index contributed by atoms with van der Waals surface area (Å²) in [5.74, 6) is -3.55. The van der Waals surface area contributed by atoms with E-state index >= 15 is 4.79 Å². The molecule has 9 aliphatic carbocycles. The Morgan fingerprint density at radius 3 is 2.31 bits per heavy atom. The van der Waals surface area contributed by atoms with Gasteiger partial charge in [-0.05, 0) is 104 Å². The van der Waals surface area contributed by atoms with Crippen molar-refractivity contribution < 1.29 is 55.1 Å². The van der Waals surface area contributed by atoms with E-state index in [1.807, 2.05) is 13.8 Å². The molecule has 1 aromatic carbocycles. The second-order valence-electron chi connectivity index (χ2n) is 21.0. The van der Waals surface area contributed by atoms with E-state index in [4.69, 9.17) is 9.47 Å². The first kappa shape index (κ1) is 41.9. The van der Waals surface area contributed by atoms with Crippen LogP contribution in [0.1, 0.15) is 110 Å². The van der Waals surface area contributed by atoms with Gasteiger partial charge in [0.05, 0.1) is 29.5 Å². The third-order valence-corrected chi connectivity index (χ3v) is 18.8. The molecule has 16 atom stereocenters. The molecule has 0 radical (unpaired) electrons. The van der Waals surface area contributed by atoms with Gasteiger partial charge in [-0.2, -0.15) is 0 Å². The van der Waals surface area contributed by atoms with Crippen molar-refractivity contribution in [2.24, 2.45) is 45.3 Å². The maximum Gasteiger partial charge on any atom is 0.160 e. The number of likely N-dealkylation sites (N-methyl/N-ethyl adjacent to an activating group) is 1. The number of aliphatic hydroxyl groups excluding tert-OH is 3. The summed E-state index contributed by atoms with van der Waals surface area (Å²) in [6.45, 7) is 11.5. The number of hydrogen-bond acceptors (Lipinski definition) is 12. The molecular formula is C47H67NO11. The minimum Gasteiger partial charge on any atom is -0.508 e. The summed E-state index contributed by atoms with van der Waals surface area (Å²) in [5.41, 5.74) is -7.28. The lowest BCUT2D eigenvalue weighted by Crippen LogP contribution is -2.71. The number of benzene rings is 1. The summed E-state index contributed by atoms with van der Waals surface area (Å²) in [6.07, 6.45) is 5.28. The number of carbonyl (C=O) groups is 1. The number of allylic oxidation sites excluding steroid dienone is 2. The van der Waals surface area contributed by atoms with Gasteiger partial charge in [-0.15, -0.1) is 0 Å². The van der Waals surface area contributed by atoms with Crippen molar-refractivity contribution in [1.29, 1.82) is 0 Å². The smallest absolute Gasteiger partial charge is 0.160 e. The standard InChI is InChI=1S/C47H67NO11/c1-6-48-25-28-22-40(3)9-8-31(28)47(39(54)26(40)2)45(56,14-16-50)38-33(59-47)23-46(57)34-21-32(53)37-36(27-18-29(51)20-30(52)19-27)44(55)13-12-43(34,11-10-41(38,46)4)42(37,5)24-35(44)58-17-7-15-49/h18-22,26,31,33,35-39,48-52,54-57H,6-17,23-25H2,1-5H3. The molecule has 16 unspecified atom stereocenters. The van der Waals surface area contributed by atoms with E-state index in [2.05, 4.69) is 32.2 Å².